The summed E-state index contributed by atoms with van der Waals surface area (Å²) in [5.41, 5.74) is 1.71. The van der Waals surface area contributed by atoms with Crippen LogP contribution in [0.25, 0.3) is 10.2 Å². The van der Waals surface area contributed by atoms with Crippen LogP contribution in [0.1, 0.15) is 46.6 Å². The smallest absolute Gasteiger partial charge is 0.279 e. The van der Waals surface area contributed by atoms with Gasteiger partial charge in [0.1, 0.15) is 11.8 Å². The molecule has 0 spiro atoms. The number of aryl methyl sites for hydroxylation is 2. The minimum absolute atomic E-state index is 0.0246. The summed E-state index contributed by atoms with van der Waals surface area (Å²) >= 11 is 1.53. The van der Waals surface area contributed by atoms with Gasteiger partial charge < -0.3 is 9.64 Å². The van der Waals surface area contributed by atoms with Gasteiger partial charge in [-0.3, -0.25) is 14.4 Å². The number of benzene rings is 1. The molecule has 0 saturated carbocycles. The first-order valence-corrected chi connectivity index (χ1v) is 10.7. The van der Waals surface area contributed by atoms with Crippen molar-refractivity contribution in [3.8, 4) is 5.75 Å². The van der Waals surface area contributed by atoms with Crippen molar-refractivity contribution in [2.75, 3.05) is 18.6 Å². The van der Waals surface area contributed by atoms with E-state index >= 15 is 0 Å². The SMILES string of the molecule is CC(C(=O)c1ccc2c(c1)N(C)C(=O)CO2)n1nnc2sc3c(c2c1=O)CCCC3. The summed E-state index contributed by atoms with van der Waals surface area (Å²) in [5, 5.41) is 8.91. The van der Waals surface area contributed by atoms with Crippen LogP contribution >= 0.6 is 11.3 Å². The minimum atomic E-state index is -0.822. The number of thiophene rings is 1. The second-order valence-corrected chi connectivity index (χ2v) is 8.78. The van der Waals surface area contributed by atoms with Crippen molar-refractivity contribution in [2.45, 2.75) is 38.6 Å². The lowest BCUT2D eigenvalue weighted by Gasteiger charge is -2.26. The molecule has 0 saturated heterocycles. The first-order chi connectivity index (χ1) is 14.5. The van der Waals surface area contributed by atoms with E-state index in [4.69, 9.17) is 4.74 Å². The topological polar surface area (TPSA) is 94.4 Å². The van der Waals surface area contributed by atoms with E-state index in [1.165, 1.54) is 25.8 Å². The lowest BCUT2D eigenvalue weighted by atomic mass is 9.97. The maximum atomic E-state index is 13.2. The second kappa shape index (κ2) is 7.02. The zero-order valence-corrected chi connectivity index (χ0v) is 17.5. The molecule has 1 aliphatic heterocycles. The molecule has 1 unspecified atom stereocenters. The highest BCUT2D eigenvalue weighted by atomic mass is 32.1. The Hall–Kier alpha value is -3.07. The Morgan fingerprint density at radius 3 is 2.87 bits per heavy atom. The van der Waals surface area contributed by atoms with Crippen molar-refractivity contribution in [1.29, 1.82) is 0 Å². The number of aromatic nitrogens is 3. The lowest BCUT2D eigenvalue weighted by molar-refractivity contribution is -0.120. The maximum Gasteiger partial charge on any atom is 0.279 e. The summed E-state index contributed by atoms with van der Waals surface area (Å²) in [5.74, 6) is 0.0866. The minimum Gasteiger partial charge on any atom is -0.482 e. The lowest BCUT2D eigenvalue weighted by Crippen LogP contribution is -2.36. The molecule has 8 nitrogen and oxygen atoms in total. The van der Waals surface area contributed by atoms with Crippen LogP contribution in [0.3, 0.4) is 0 Å². The first-order valence-electron chi connectivity index (χ1n) is 9.93. The highest BCUT2D eigenvalue weighted by Crippen LogP contribution is 2.34. The Kier molecular flexibility index (Phi) is 4.43. The highest BCUT2D eigenvalue weighted by Gasteiger charge is 2.27. The largest absolute Gasteiger partial charge is 0.482 e. The number of nitrogens with zero attached hydrogens (tertiary/aromatic N) is 4. The number of ether oxygens (including phenoxy) is 1. The summed E-state index contributed by atoms with van der Waals surface area (Å²) in [6, 6.07) is 4.11. The van der Waals surface area contributed by atoms with Crippen LogP contribution in [0.2, 0.25) is 0 Å². The highest BCUT2D eigenvalue weighted by molar-refractivity contribution is 7.18. The van der Waals surface area contributed by atoms with E-state index < -0.39 is 6.04 Å². The van der Waals surface area contributed by atoms with Crippen LogP contribution < -0.4 is 15.2 Å². The van der Waals surface area contributed by atoms with Gasteiger partial charge in [-0.25, -0.2) is 0 Å². The number of anilines is 1. The van der Waals surface area contributed by atoms with Gasteiger partial charge in [-0.1, -0.05) is 5.21 Å². The molecule has 2 aromatic heterocycles. The van der Waals surface area contributed by atoms with Gasteiger partial charge in [0.25, 0.3) is 11.5 Å². The van der Waals surface area contributed by atoms with Crippen molar-refractivity contribution in [1.82, 2.24) is 15.0 Å². The van der Waals surface area contributed by atoms with Crippen LogP contribution in [0.5, 0.6) is 5.75 Å². The van der Waals surface area contributed by atoms with E-state index in [9.17, 15) is 14.4 Å². The third-order valence-electron chi connectivity index (χ3n) is 5.88. The number of fused-ring (bicyclic) bond motifs is 4. The quantitative estimate of drug-likeness (QED) is 0.600. The molecular formula is C21H20N4O4S. The number of Topliss-reactive ketones (excluding diaryl/α,β-unsaturated/α-hetero) is 1. The van der Waals surface area contributed by atoms with Crippen molar-refractivity contribution in [3.63, 3.8) is 0 Å². The number of ketones is 1. The Bertz CT molecular complexity index is 1260. The summed E-state index contributed by atoms with van der Waals surface area (Å²) in [6.07, 6.45) is 4.01. The molecule has 0 N–H and O–H groups in total. The van der Waals surface area contributed by atoms with E-state index in [1.807, 2.05) is 0 Å². The number of amides is 1. The van der Waals surface area contributed by atoms with Crippen molar-refractivity contribution >= 4 is 38.9 Å². The summed E-state index contributed by atoms with van der Waals surface area (Å²) in [7, 11) is 1.64. The normalized spacial score (nSPS) is 16.7. The molecule has 0 fully saturated rings. The molecule has 1 aliphatic carbocycles. The number of carbonyl (C=O) groups excluding carboxylic acids is 2. The van der Waals surface area contributed by atoms with Gasteiger partial charge in [-0.2, -0.15) is 4.68 Å². The van der Waals surface area contributed by atoms with Crippen LogP contribution in [0.15, 0.2) is 23.0 Å². The first kappa shape index (κ1) is 18.9. The molecule has 9 heteroatoms. The number of hydrogen-bond donors (Lipinski definition) is 0. The Labute approximate surface area is 176 Å². The monoisotopic (exact) mass is 424 g/mol. The number of hydrogen-bond acceptors (Lipinski definition) is 7. The molecule has 154 valence electrons. The fourth-order valence-corrected chi connectivity index (χ4v) is 5.31. The van der Waals surface area contributed by atoms with E-state index in [0.717, 1.165) is 31.2 Å². The molecule has 30 heavy (non-hydrogen) atoms. The van der Waals surface area contributed by atoms with Crippen LogP contribution in [-0.2, 0) is 17.6 Å². The van der Waals surface area contributed by atoms with Gasteiger partial charge in [-0.05, 0) is 56.4 Å². The van der Waals surface area contributed by atoms with Crippen LogP contribution in [-0.4, -0.2) is 40.3 Å². The third kappa shape index (κ3) is 2.84. The van der Waals surface area contributed by atoms with Gasteiger partial charge in [0.15, 0.2) is 17.2 Å². The fraction of sp³-hybridized carbons (Fsp3) is 0.381. The molecule has 1 atom stereocenters. The Morgan fingerprint density at radius 2 is 2.03 bits per heavy atom. The van der Waals surface area contributed by atoms with Crippen molar-refractivity contribution < 1.29 is 14.3 Å². The predicted molar refractivity (Wildman–Crippen MR) is 113 cm³/mol. The Morgan fingerprint density at radius 1 is 1.23 bits per heavy atom. The molecule has 1 aromatic carbocycles. The van der Waals surface area contributed by atoms with Gasteiger partial charge in [0.05, 0.1) is 11.1 Å². The van der Waals surface area contributed by atoms with Crippen LogP contribution in [0.4, 0.5) is 5.69 Å². The molecule has 0 radical (unpaired) electrons. The summed E-state index contributed by atoms with van der Waals surface area (Å²) < 4.78 is 6.60. The molecule has 2 aliphatic rings. The second-order valence-electron chi connectivity index (χ2n) is 7.69. The van der Waals surface area contributed by atoms with Crippen LogP contribution in [0, 0.1) is 0 Å². The number of likely N-dealkylation sites (N-methyl/N-ethyl adjacent to an activating group) is 1. The summed E-state index contributed by atoms with van der Waals surface area (Å²) in [4.78, 5) is 41.6. The Balaban J connectivity index is 1.53. The third-order valence-corrected chi connectivity index (χ3v) is 7.06. The van der Waals surface area contributed by atoms with Gasteiger partial charge in [0.2, 0.25) is 0 Å². The van der Waals surface area contributed by atoms with E-state index in [-0.39, 0.29) is 23.9 Å². The molecule has 3 aromatic rings. The standard InChI is InChI=1S/C21H20N4O4S/c1-11(19(27)12-7-8-15-14(9-12)24(2)17(26)10-29-15)25-21(28)18-13-5-3-4-6-16(13)30-20(18)22-23-25/h7-9,11H,3-6,10H2,1-2H3. The number of carbonyl (C=O) groups is 2. The molecule has 3 heterocycles. The molecule has 0 bridgehead atoms. The molecular weight excluding hydrogens is 404 g/mol. The average molecular weight is 424 g/mol. The van der Waals surface area contributed by atoms with E-state index in [2.05, 4.69) is 10.3 Å². The predicted octanol–water partition coefficient (Wildman–Crippen LogP) is 2.53. The molecule has 1 amide bonds. The average Bonchev–Trinajstić information content (AvgIpc) is 3.15. The van der Waals surface area contributed by atoms with E-state index in [0.29, 0.717) is 27.2 Å². The summed E-state index contributed by atoms with van der Waals surface area (Å²) in [6.45, 7) is 1.62. The van der Waals surface area contributed by atoms with Crippen molar-refractivity contribution in [2.24, 2.45) is 0 Å². The maximum absolute atomic E-state index is 13.2. The molecule has 5 rings (SSSR count). The fourth-order valence-electron chi connectivity index (χ4n) is 4.12. The zero-order valence-electron chi connectivity index (χ0n) is 16.7. The number of rotatable bonds is 3. The van der Waals surface area contributed by atoms with Crippen molar-refractivity contribution in [3.05, 3.63) is 44.6 Å². The zero-order chi connectivity index (χ0) is 21.0. The van der Waals surface area contributed by atoms with Gasteiger partial charge in [0, 0.05) is 17.5 Å². The van der Waals surface area contributed by atoms with Gasteiger partial charge >= 0.3 is 0 Å². The van der Waals surface area contributed by atoms with Gasteiger partial charge in [-0.15, -0.1) is 16.4 Å². The van der Waals surface area contributed by atoms with E-state index in [1.54, 1.807) is 32.2 Å².